The molecule has 0 heterocycles. The highest BCUT2D eigenvalue weighted by molar-refractivity contribution is 4.84. The van der Waals surface area contributed by atoms with Gasteiger partial charge in [0, 0.05) is 19.2 Å². The minimum absolute atomic E-state index is 0.215. The van der Waals surface area contributed by atoms with Crippen molar-refractivity contribution >= 4 is 0 Å². The topological polar surface area (TPSA) is 52.5 Å². The molecule has 1 aliphatic rings. The second-order valence-corrected chi connectivity index (χ2v) is 4.93. The van der Waals surface area contributed by atoms with Gasteiger partial charge in [-0.05, 0) is 26.2 Å². The van der Waals surface area contributed by atoms with Crippen LogP contribution in [0.15, 0.2) is 0 Å². The number of hydrogen-bond donors (Lipinski definition) is 3. The molecule has 0 radical (unpaired) electrons. The Balaban J connectivity index is 2.27. The molecule has 0 aromatic rings. The van der Waals surface area contributed by atoms with Gasteiger partial charge >= 0.3 is 0 Å². The van der Waals surface area contributed by atoms with Crippen LogP contribution in [-0.4, -0.2) is 35.0 Å². The first-order valence-electron chi connectivity index (χ1n) is 6.23. The van der Waals surface area contributed by atoms with E-state index in [-0.39, 0.29) is 6.61 Å². The second-order valence-electron chi connectivity index (χ2n) is 4.93. The fraction of sp³-hybridized carbons (Fsp3) is 1.00. The first kappa shape index (κ1) is 12.9. The van der Waals surface area contributed by atoms with Gasteiger partial charge in [-0.25, -0.2) is 0 Å². The smallest absolute Gasteiger partial charge is 0.0771 e. The van der Waals surface area contributed by atoms with Gasteiger partial charge in [0.15, 0.2) is 0 Å². The Labute approximate surface area is 92.9 Å². The highest BCUT2D eigenvalue weighted by Gasteiger charge is 2.27. The summed E-state index contributed by atoms with van der Waals surface area (Å²) in [6.07, 6.45) is 7.41. The molecule has 1 rings (SSSR count). The highest BCUT2D eigenvalue weighted by Crippen LogP contribution is 2.26. The molecule has 0 spiro atoms. The molecule has 1 saturated carbocycles. The molecule has 90 valence electrons. The number of rotatable bonds is 5. The van der Waals surface area contributed by atoms with Crippen LogP contribution in [-0.2, 0) is 0 Å². The predicted octanol–water partition coefficient (Wildman–Crippen LogP) is 1.43. The van der Waals surface area contributed by atoms with Crippen LogP contribution in [0.4, 0.5) is 0 Å². The van der Waals surface area contributed by atoms with Crippen molar-refractivity contribution in [1.29, 1.82) is 0 Å². The van der Waals surface area contributed by atoms with E-state index in [0.29, 0.717) is 12.6 Å². The molecule has 1 atom stereocenters. The Morgan fingerprint density at radius 1 is 1.20 bits per heavy atom. The van der Waals surface area contributed by atoms with Crippen LogP contribution in [0.2, 0.25) is 0 Å². The van der Waals surface area contributed by atoms with E-state index in [1.807, 2.05) is 0 Å². The summed E-state index contributed by atoms with van der Waals surface area (Å²) in [4.78, 5) is 0. The Bertz CT molecular complexity index is 165. The SMILES string of the molecule is CC(CCO)NCC1(O)CCCCCC1. The monoisotopic (exact) mass is 215 g/mol. The van der Waals surface area contributed by atoms with Crippen LogP contribution in [0.25, 0.3) is 0 Å². The average Bonchev–Trinajstić information content (AvgIpc) is 2.42. The summed E-state index contributed by atoms with van der Waals surface area (Å²) in [5, 5.41) is 22.4. The van der Waals surface area contributed by atoms with E-state index in [9.17, 15) is 5.11 Å². The normalized spacial score (nSPS) is 23.4. The van der Waals surface area contributed by atoms with Crippen LogP contribution >= 0.6 is 0 Å². The van der Waals surface area contributed by atoms with Gasteiger partial charge < -0.3 is 15.5 Å². The molecule has 0 bridgehead atoms. The second kappa shape index (κ2) is 6.46. The lowest BCUT2D eigenvalue weighted by Crippen LogP contribution is -2.43. The van der Waals surface area contributed by atoms with Crippen LogP contribution in [0.5, 0.6) is 0 Å². The minimum Gasteiger partial charge on any atom is -0.396 e. The maximum Gasteiger partial charge on any atom is 0.0771 e. The maximum absolute atomic E-state index is 10.3. The van der Waals surface area contributed by atoms with E-state index < -0.39 is 5.60 Å². The quantitative estimate of drug-likeness (QED) is 0.608. The molecule has 3 N–H and O–H groups in total. The van der Waals surface area contributed by atoms with Crippen LogP contribution in [0, 0.1) is 0 Å². The van der Waals surface area contributed by atoms with Gasteiger partial charge in [-0.3, -0.25) is 0 Å². The summed E-state index contributed by atoms with van der Waals surface area (Å²) < 4.78 is 0. The molecule has 3 nitrogen and oxygen atoms in total. The average molecular weight is 215 g/mol. The molecule has 1 aliphatic carbocycles. The molecule has 0 aliphatic heterocycles. The fourth-order valence-corrected chi connectivity index (χ4v) is 2.22. The van der Waals surface area contributed by atoms with E-state index in [0.717, 1.165) is 32.1 Å². The van der Waals surface area contributed by atoms with Crippen molar-refractivity contribution in [3.8, 4) is 0 Å². The largest absolute Gasteiger partial charge is 0.396 e. The molecule has 15 heavy (non-hydrogen) atoms. The van der Waals surface area contributed by atoms with Gasteiger partial charge in [-0.1, -0.05) is 25.7 Å². The lowest BCUT2D eigenvalue weighted by molar-refractivity contribution is 0.0225. The zero-order chi connectivity index (χ0) is 11.1. The summed E-state index contributed by atoms with van der Waals surface area (Å²) >= 11 is 0. The van der Waals surface area contributed by atoms with Crippen molar-refractivity contribution < 1.29 is 10.2 Å². The summed E-state index contributed by atoms with van der Waals surface area (Å²) in [5.74, 6) is 0. The van der Waals surface area contributed by atoms with Gasteiger partial charge in [-0.15, -0.1) is 0 Å². The highest BCUT2D eigenvalue weighted by atomic mass is 16.3. The van der Waals surface area contributed by atoms with Crippen molar-refractivity contribution in [3.05, 3.63) is 0 Å². The Kier molecular flexibility index (Phi) is 5.58. The third-order valence-electron chi connectivity index (χ3n) is 3.38. The molecular formula is C12H25NO2. The van der Waals surface area contributed by atoms with Crippen molar-refractivity contribution in [3.63, 3.8) is 0 Å². The molecule has 0 saturated heterocycles. The van der Waals surface area contributed by atoms with Gasteiger partial charge in [0.2, 0.25) is 0 Å². The first-order chi connectivity index (χ1) is 7.16. The molecular weight excluding hydrogens is 190 g/mol. The van der Waals surface area contributed by atoms with Crippen molar-refractivity contribution in [2.45, 2.75) is 63.5 Å². The summed E-state index contributed by atoms with van der Waals surface area (Å²) in [6, 6.07) is 0.294. The minimum atomic E-state index is -0.500. The number of hydrogen-bond acceptors (Lipinski definition) is 3. The van der Waals surface area contributed by atoms with Crippen LogP contribution < -0.4 is 5.32 Å². The predicted molar refractivity (Wildman–Crippen MR) is 61.8 cm³/mol. The number of nitrogens with one attached hydrogen (secondary N) is 1. The maximum atomic E-state index is 10.3. The molecule has 1 unspecified atom stereocenters. The van der Waals surface area contributed by atoms with Crippen LogP contribution in [0.1, 0.15) is 51.9 Å². The fourth-order valence-electron chi connectivity index (χ4n) is 2.22. The zero-order valence-corrected chi connectivity index (χ0v) is 9.84. The number of aliphatic hydroxyl groups is 2. The molecule has 0 aromatic carbocycles. The van der Waals surface area contributed by atoms with Gasteiger partial charge in [0.05, 0.1) is 5.60 Å². The zero-order valence-electron chi connectivity index (χ0n) is 9.84. The van der Waals surface area contributed by atoms with Gasteiger partial charge in [0.1, 0.15) is 0 Å². The van der Waals surface area contributed by atoms with Gasteiger partial charge in [0.25, 0.3) is 0 Å². The van der Waals surface area contributed by atoms with E-state index in [1.54, 1.807) is 0 Å². The Morgan fingerprint density at radius 3 is 2.33 bits per heavy atom. The third kappa shape index (κ3) is 4.96. The van der Waals surface area contributed by atoms with Crippen molar-refractivity contribution in [2.75, 3.05) is 13.2 Å². The van der Waals surface area contributed by atoms with Gasteiger partial charge in [-0.2, -0.15) is 0 Å². The first-order valence-corrected chi connectivity index (χ1v) is 6.23. The summed E-state index contributed by atoms with van der Waals surface area (Å²) in [6.45, 7) is 2.94. The lowest BCUT2D eigenvalue weighted by Gasteiger charge is -2.28. The Hall–Kier alpha value is -0.120. The van der Waals surface area contributed by atoms with E-state index >= 15 is 0 Å². The van der Waals surface area contributed by atoms with E-state index in [4.69, 9.17) is 5.11 Å². The Morgan fingerprint density at radius 2 is 1.80 bits per heavy atom. The molecule has 0 amide bonds. The van der Waals surface area contributed by atoms with Crippen LogP contribution in [0.3, 0.4) is 0 Å². The summed E-state index contributed by atoms with van der Waals surface area (Å²) in [7, 11) is 0. The third-order valence-corrected chi connectivity index (χ3v) is 3.38. The van der Waals surface area contributed by atoms with Crippen molar-refractivity contribution in [1.82, 2.24) is 5.32 Å². The summed E-state index contributed by atoms with van der Waals surface area (Å²) in [5.41, 5.74) is -0.500. The van der Waals surface area contributed by atoms with E-state index in [2.05, 4.69) is 12.2 Å². The standard InChI is InChI=1S/C12H25NO2/c1-11(6-9-14)13-10-12(15)7-4-2-3-5-8-12/h11,13-15H,2-10H2,1H3. The molecule has 3 heteroatoms. The number of aliphatic hydroxyl groups excluding tert-OH is 1. The van der Waals surface area contributed by atoms with Crippen molar-refractivity contribution in [2.24, 2.45) is 0 Å². The molecule has 0 aromatic heterocycles. The molecule has 1 fully saturated rings. The lowest BCUT2D eigenvalue weighted by atomic mass is 9.94. The van der Waals surface area contributed by atoms with E-state index in [1.165, 1.54) is 12.8 Å².